The first-order chi connectivity index (χ1) is 8.13. The summed E-state index contributed by atoms with van der Waals surface area (Å²) >= 11 is 3.17. The molecule has 4 nitrogen and oxygen atoms in total. The molecule has 0 spiro atoms. The van der Waals surface area contributed by atoms with Gasteiger partial charge in [0.1, 0.15) is 10.6 Å². The van der Waals surface area contributed by atoms with Crippen LogP contribution in [0.2, 0.25) is 0 Å². The van der Waals surface area contributed by atoms with E-state index in [-0.39, 0.29) is 12.5 Å². The molecule has 0 aliphatic heterocycles. The molecule has 0 heterocycles. The van der Waals surface area contributed by atoms with E-state index < -0.39 is 10.8 Å². The van der Waals surface area contributed by atoms with Crippen LogP contribution in [0.25, 0.3) is 0 Å². The highest BCUT2D eigenvalue weighted by molar-refractivity contribution is 9.10. The molecular weight excluding hydrogens is 286 g/mol. The average Bonchev–Trinajstić information content (AvgIpc) is 2.36. The topological polar surface area (TPSA) is 55.4 Å². The fourth-order valence-electron chi connectivity index (χ4n) is 1.08. The zero-order valence-corrected chi connectivity index (χ0v) is 11.1. The molecule has 1 atom stereocenters. The minimum Gasteiger partial charge on any atom is -0.426 e. The van der Waals surface area contributed by atoms with Gasteiger partial charge in [-0.2, -0.15) is 0 Å². The monoisotopic (exact) mass is 299 g/mol. The van der Waals surface area contributed by atoms with Crippen LogP contribution in [-0.4, -0.2) is 23.2 Å². The molecule has 0 bridgehead atoms. The largest absolute Gasteiger partial charge is 0.426 e. The van der Waals surface area contributed by atoms with E-state index in [1.54, 1.807) is 31.2 Å². The van der Waals surface area contributed by atoms with Gasteiger partial charge in [0, 0.05) is 13.0 Å². The summed E-state index contributed by atoms with van der Waals surface area (Å²) in [5, 5.41) is 2.61. The first-order valence-electron chi connectivity index (χ1n) is 5.31. The number of hydrogen-bond donors (Lipinski definition) is 1. The third kappa shape index (κ3) is 4.99. The first-order valence-corrected chi connectivity index (χ1v) is 6.22. The lowest BCUT2D eigenvalue weighted by molar-refractivity contribution is -0.133. The lowest BCUT2D eigenvalue weighted by atomic mass is 10.3. The molecule has 1 N–H and O–H groups in total. The maximum atomic E-state index is 11.6. The number of halogens is 1. The Morgan fingerprint density at radius 1 is 1.35 bits per heavy atom. The van der Waals surface area contributed by atoms with E-state index in [0.717, 1.165) is 0 Å². The second-order valence-electron chi connectivity index (χ2n) is 3.36. The molecule has 1 aromatic carbocycles. The molecule has 0 aliphatic carbocycles. The summed E-state index contributed by atoms with van der Waals surface area (Å²) in [6.45, 7) is 1.97. The Bertz CT molecular complexity index is 381. The van der Waals surface area contributed by atoms with E-state index in [4.69, 9.17) is 4.74 Å². The van der Waals surface area contributed by atoms with Crippen molar-refractivity contribution in [3.05, 3.63) is 30.3 Å². The third-order valence-corrected chi connectivity index (χ3v) is 2.71. The summed E-state index contributed by atoms with van der Waals surface area (Å²) in [6.07, 6.45) is 0.396. The van der Waals surface area contributed by atoms with Gasteiger partial charge in [0.25, 0.3) is 0 Å². The molecule has 1 unspecified atom stereocenters. The Morgan fingerprint density at radius 3 is 2.59 bits per heavy atom. The number of ether oxygens (including phenoxy) is 1. The molecule has 17 heavy (non-hydrogen) atoms. The lowest BCUT2D eigenvalue weighted by Gasteiger charge is -2.10. The zero-order valence-electron chi connectivity index (χ0n) is 9.48. The van der Waals surface area contributed by atoms with E-state index in [9.17, 15) is 9.59 Å². The maximum absolute atomic E-state index is 11.6. The summed E-state index contributed by atoms with van der Waals surface area (Å²) in [4.78, 5) is 22.1. The van der Waals surface area contributed by atoms with E-state index in [0.29, 0.717) is 12.2 Å². The average molecular weight is 300 g/mol. The van der Waals surface area contributed by atoms with Gasteiger partial charge in [-0.25, -0.2) is 0 Å². The summed E-state index contributed by atoms with van der Waals surface area (Å²) in [7, 11) is 0. The van der Waals surface area contributed by atoms with Crippen LogP contribution in [0.3, 0.4) is 0 Å². The standard InChI is InChI=1S/C12H14BrNO3/c1-2-11(15)14-8-10(13)12(16)17-9-6-4-3-5-7-9/h3-7,10H,2,8H2,1H3,(H,14,15). The molecule has 0 saturated heterocycles. The number of nitrogens with one attached hydrogen (secondary N) is 1. The SMILES string of the molecule is CCC(=O)NCC(Br)C(=O)Oc1ccccc1. The number of alkyl halides is 1. The zero-order chi connectivity index (χ0) is 12.7. The van der Waals surface area contributed by atoms with Gasteiger partial charge in [0.2, 0.25) is 5.91 Å². The number of rotatable bonds is 5. The molecule has 1 amide bonds. The first kappa shape index (κ1) is 13.7. The minimum atomic E-state index is -0.543. The van der Waals surface area contributed by atoms with Crippen molar-refractivity contribution < 1.29 is 14.3 Å². The van der Waals surface area contributed by atoms with E-state index >= 15 is 0 Å². The Labute approximate surface area is 108 Å². The highest BCUT2D eigenvalue weighted by Gasteiger charge is 2.17. The lowest BCUT2D eigenvalue weighted by Crippen LogP contribution is -2.34. The summed E-state index contributed by atoms with van der Waals surface area (Å²) in [5.41, 5.74) is 0. The van der Waals surface area contributed by atoms with E-state index in [1.807, 2.05) is 6.07 Å². The van der Waals surface area contributed by atoms with Gasteiger partial charge < -0.3 is 10.1 Å². The van der Waals surface area contributed by atoms with Crippen molar-refractivity contribution in [3.8, 4) is 5.75 Å². The van der Waals surface area contributed by atoms with E-state index in [1.165, 1.54) is 0 Å². The van der Waals surface area contributed by atoms with Crippen molar-refractivity contribution in [2.75, 3.05) is 6.54 Å². The Hall–Kier alpha value is -1.36. The van der Waals surface area contributed by atoms with E-state index in [2.05, 4.69) is 21.2 Å². The molecule has 0 fully saturated rings. The molecule has 0 saturated carbocycles. The molecule has 5 heteroatoms. The number of hydrogen-bond acceptors (Lipinski definition) is 3. The van der Waals surface area contributed by atoms with Crippen molar-refractivity contribution in [2.45, 2.75) is 18.2 Å². The number of benzene rings is 1. The van der Waals surface area contributed by atoms with Crippen LogP contribution in [-0.2, 0) is 9.59 Å². The number of para-hydroxylation sites is 1. The maximum Gasteiger partial charge on any atom is 0.326 e. The Kier molecular flexibility index (Phi) is 5.69. The number of esters is 1. The van der Waals surface area contributed by atoms with Crippen LogP contribution in [0.1, 0.15) is 13.3 Å². The molecule has 0 aliphatic rings. The molecule has 1 rings (SSSR count). The highest BCUT2D eigenvalue weighted by atomic mass is 79.9. The summed E-state index contributed by atoms with van der Waals surface area (Å²) in [5.74, 6) is -0.0293. The number of amides is 1. The van der Waals surface area contributed by atoms with Crippen LogP contribution < -0.4 is 10.1 Å². The van der Waals surface area contributed by atoms with Gasteiger partial charge in [-0.3, -0.25) is 9.59 Å². The second-order valence-corrected chi connectivity index (χ2v) is 4.46. The smallest absolute Gasteiger partial charge is 0.326 e. The minimum absolute atomic E-state index is 0.0954. The van der Waals surface area contributed by atoms with Crippen LogP contribution in [0.4, 0.5) is 0 Å². The normalized spacial score (nSPS) is 11.6. The third-order valence-electron chi connectivity index (χ3n) is 2.02. The van der Waals surface area contributed by atoms with Crippen LogP contribution in [0.5, 0.6) is 5.75 Å². The molecule has 92 valence electrons. The predicted octanol–water partition coefficient (Wildman–Crippen LogP) is 1.88. The van der Waals surface area contributed by atoms with Gasteiger partial charge in [-0.15, -0.1) is 0 Å². The van der Waals surface area contributed by atoms with Gasteiger partial charge in [-0.05, 0) is 12.1 Å². The summed E-state index contributed by atoms with van der Waals surface area (Å²) < 4.78 is 5.10. The Balaban J connectivity index is 2.40. The predicted molar refractivity (Wildman–Crippen MR) is 68.1 cm³/mol. The fraction of sp³-hybridized carbons (Fsp3) is 0.333. The fourth-order valence-corrected chi connectivity index (χ4v) is 1.34. The highest BCUT2D eigenvalue weighted by Crippen LogP contribution is 2.11. The van der Waals surface area contributed by atoms with Gasteiger partial charge in [0.15, 0.2) is 0 Å². The Morgan fingerprint density at radius 2 is 2.00 bits per heavy atom. The van der Waals surface area contributed by atoms with Crippen molar-refractivity contribution in [2.24, 2.45) is 0 Å². The van der Waals surface area contributed by atoms with Crippen LogP contribution in [0, 0.1) is 0 Å². The van der Waals surface area contributed by atoms with Crippen LogP contribution in [0.15, 0.2) is 30.3 Å². The summed E-state index contributed by atoms with van der Waals surface area (Å²) in [6, 6.07) is 8.80. The second kappa shape index (κ2) is 7.06. The van der Waals surface area contributed by atoms with Crippen molar-refractivity contribution in [3.63, 3.8) is 0 Å². The molecule has 0 aromatic heterocycles. The van der Waals surface area contributed by atoms with Crippen molar-refractivity contribution >= 4 is 27.8 Å². The van der Waals surface area contributed by atoms with Crippen LogP contribution >= 0.6 is 15.9 Å². The molecular formula is C12H14BrNO3. The van der Waals surface area contributed by atoms with Gasteiger partial charge >= 0.3 is 5.97 Å². The molecule has 1 aromatic rings. The number of carbonyl (C=O) groups excluding carboxylic acids is 2. The van der Waals surface area contributed by atoms with Crippen molar-refractivity contribution in [1.29, 1.82) is 0 Å². The van der Waals surface area contributed by atoms with Gasteiger partial charge in [0.05, 0.1) is 0 Å². The quantitative estimate of drug-likeness (QED) is 0.513. The van der Waals surface area contributed by atoms with Gasteiger partial charge in [-0.1, -0.05) is 41.1 Å². The number of carbonyl (C=O) groups is 2. The molecule has 0 radical (unpaired) electrons. The van der Waals surface area contributed by atoms with Crippen molar-refractivity contribution in [1.82, 2.24) is 5.32 Å².